The molecular weight excluding hydrogens is 291 g/mol. The number of fused-ring (bicyclic) bond motifs is 1. The van der Waals surface area contributed by atoms with E-state index in [9.17, 15) is 0 Å². The summed E-state index contributed by atoms with van der Waals surface area (Å²) >= 11 is 12.0. The third kappa shape index (κ3) is 2.62. The number of aromatic amines is 1. The van der Waals surface area contributed by atoms with Crippen molar-refractivity contribution in [3.63, 3.8) is 0 Å². The lowest BCUT2D eigenvalue weighted by molar-refractivity contribution is 1.15. The van der Waals surface area contributed by atoms with Crippen molar-refractivity contribution in [3.8, 4) is 0 Å². The molecule has 1 aromatic heterocycles. The Morgan fingerprint density at radius 1 is 1.05 bits per heavy atom. The lowest BCUT2D eigenvalue weighted by atomic mass is 10.1. The fraction of sp³-hybridized carbons (Fsp3) is 0.125. The first-order chi connectivity index (χ1) is 9.63. The topological polar surface area (TPSA) is 27.8 Å². The van der Waals surface area contributed by atoms with Gasteiger partial charge in [-0.15, -0.1) is 0 Å². The second-order valence-corrected chi connectivity index (χ2v) is 5.69. The van der Waals surface area contributed by atoms with Gasteiger partial charge in [-0.05, 0) is 42.3 Å². The van der Waals surface area contributed by atoms with Gasteiger partial charge < -0.3 is 10.3 Å². The molecule has 0 spiro atoms. The van der Waals surface area contributed by atoms with Crippen LogP contribution in [0.4, 0.5) is 5.69 Å². The van der Waals surface area contributed by atoms with E-state index in [-0.39, 0.29) is 0 Å². The zero-order chi connectivity index (χ0) is 14.1. The Balaban J connectivity index is 1.85. The number of nitrogens with one attached hydrogen (secondary N) is 2. The maximum atomic E-state index is 6.03. The van der Waals surface area contributed by atoms with E-state index in [1.807, 2.05) is 42.6 Å². The molecule has 4 heteroatoms. The molecular formula is C16H14Cl2N2. The highest BCUT2D eigenvalue weighted by Gasteiger charge is 2.05. The minimum Gasteiger partial charge on any atom is -0.381 e. The minimum atomic E-state index is 0.739. The zero-order valence-electron chi connectivity index (χ0n) is 11.0. The van der Waals surface area contributed by atoms with Crippen molar-refractivity contribution in [1.29, 1.82) is 0 Å². The van der Waals surface area contributed by atoms with Crippen LogP contribution in [0.15, 0.2) is 42.6 Å². The highest BCUT2D eigenvalue weighted by molar-refractivity contribution is 6.31. The van der Waals surface area contributed by atoms with Gasteiger partial charge in [0.15, 0.2) is 0 Å². The first-order valence-electron chi connectivity index (χ1n) is 6.39. The van der Waals surface area contributed by atoms with E-state index in [1.165, 1.54) is 16.5 Å². The molecule has 0 radical (unpaired) electrons. The van der Waals surface area contributed by atoms with Crippen LogP contribution in [0.1, 0.15) is 11.1 Å². The number of aryl methyl sites for hydroxylation is 1. The van der Waals surface area contributed by atoms with Gasteiger partial charge in [0.1, 0.15) is 0 Å². The van der Waals surface area contributed by atoms with Crippen LogP contribution in [0.5, 0.6) is 0 Å². The Morgan fingerprint density at radius 3 is 2.65 bits per heavy atom. The predicted molar refractivity (Wildman–Crippen MR) is 86.8 cm³/mol. The van der Waals surface area contributed by atoms with Gasteiger partial charge in [-0.1, -0.05) is 35.3 Å². The van der Waals surface area contributed by atoms with Gasteiger partial charge in [0, 0.05) is 39.4 Å². The molecule has 0 aliphatic carbocycles. The maximum absolute atomic E-state index is 6.03. The van der Waals surface area contributed by atoms with Crippen molar-refractivity contribution in [1.82, 2.24) is 4.98 Å². The van der Waals surface area contributed by atoms with Crippen molar-refractivity contribution in [2.24, 2.45) is 0 Å². The molecule has 3 aromatic rings. The summed E-state index contributed by atoms with van der Waals surface area (Å²) in [7, 11) is 0. The van der Waals surface area contributed by atoms with Crippen LogP contribution >= 0.6 is 23.2 Å². The van der Waals surface area contributed by atoms with E-state index in [0.717, 1.165) is 27.8 Å². The van der Waals surface area contributed by atoms with Crippen LogP contribution in [-0.4, -0.2) is 4.98 Å². The van der Waals surface area contributed by atoms with Crippen LogP contribution in [0.25, 0.3) is 10.9 Å². The summed E-state index contributed by atoms with van der Waals surface area (Å²) < 4.78 is 0. The lowest BCUT2D eigenvalue weighted by Gasteiger charge is -2.09. The number of hydrogen-bond acceptors (Lipinski definition) is 1. The number of halogens is 2. The summed E-state index contributed by atoms with van der Waals surface area (Å²) in [6.07, 6.45) is 2.01. The number of hydrogen-bond donors (Lipinski definition) is 2. The van der Waals surface area contributed by atoms with Crippen molar-refractivity contribution < 1.29 is 0 Å². The van der Waals surface area contributed by atoms with Crippen LogP contribution in [0.3, 0.4) is 0 Å². The second-order valence-electron chi connectivity index (χ2n) is 4.82. The molecule has 0 saturated heterocycles. The highest BCUT2D eigenvalue weighted by Crippen LogP contribution is 2.24. The van der Waals surface area contributed by atoms with Gasteiger partial charge in [-0.25, -0.2) is 0 Å². The number of rotatable bonds is 3. The number of anilines is 1. The molecule has 2 aromatic carbocycles. The largest absolute Gasteiger partial charge is 0.381 e. The van der Waals surface area contributed by atoms with Gasteiger partial charge in [0.2, 0.25) is 0 Å². The monoisotopic (exact) mass is 304 g/mol. The van der Waals surface area contributed by atoms with E-state index < -0.39 is 0 Å². The van der Waals surface area contributed by atoms with Crippen LogP contribution < -0.4 is 5.32 Å². The molecule has 2 N–H and O–H groups in total. The molecule has 2 nitrogen and oxygen atoms in total. The fourth-order valence-electron chi connectivity index (χ4n) is 2.28. The Morgan fingerprint density at radius 2 is 1.80 bits per heavy atom. The molecule has 20 heavy (non-hydrogen) atoms. The summed E-state index contributed by atoms with van der Waals surface area (Å²) in [4.78, 5) is 3.24. The van der Waals surface area contributed by atoms with E-state index in [4.69, 9.17) is 23.2 Å². The molecule has 0 aliphatic heterocycles. The summed E-state index contributed by atoms with van der Waals surface area (Å²) in [5, 5.41) is 6.09. The molecule has 1 heterocycles. The second kappa shape index (κ2) is 5.39. The fourth-order valence-corrected chi connectivity index (χ4v) is 2.62. The first kappa shape index (κ1) is 13.3. The van der Waals surface area contributed by atoms with Gasteiger partial charge in [0.25, 0.3) is 0 Å². The normalized spacial score (nSPS) is 10.9. The highest BCUT2D eigenvalue weighted by atomic mass is 35.5. The van der Waals surface area contributed by atoms with Crippen LogP contribution in [-0.2, 0) is 6.54 Å². The Hall–Kier alpha value is -1.64. The average Bonchev–Trinajstić information content (AvgIpc) is 2.82. The van der Waals surface area contributed by atoms with Gasteiger partial charge in [-0.3, -0.25) is 0 Å². The smallest absolute Gasteiger partial charge is 0.0472 e. The Bertz CT molecular complexity index is 762. The Labute approximate surface area is 127 Å². The Kier molecular flexibility index (Phi) is 3.60. The summed E-state index contributed by atoms with van der Waals surface area (Å²) in [6.45, 7) is 2.80. The molecule has 0 fully saturated rings. The van der Waals surface area contributed by atoms with Crippen molar-refractivity contribution in [3.05, 3.63) is 63.8 Å². The molecule has 0 unspecified atom stereocenters. The maximum Gasteiger partial charge on any atom is 0.0472 e. The van der Waals surface area contributed by atoms with E-state index in [1.54, 1.807) is 0 Å². The standard InChI is InChI=1S/C16H14Cl2N2/c1-10-2-3-12(17)6-15(10)19-8-11-9-20-16-7-13(18)4-5-14(11)16/h2-7,9,19-20H,8H2,1H3. The van der Waals surface area contributed by atoms with Gasteiger partial charge in [-0.2, -0.15) is 0 Å². The summed E-state index contributed by atoms with van der Waals surface area (Å²) in [6, 6.07) is 11.7. The molecule has 0 aliphatic rings. The summed E-state index contributed by atoms with van der Waals surface area (Å²) in [5.41, 5.74) is 4.49. The lowest BCUT2D eigenvalue weighted by Crippen LogP contribution is -2.00. The first-order valence-corrected chi connectivity index (χ1v) is 7.14. The van der Waals surface area contributed by atoms with E-state index >= 15 is 0 Å². The molecule has 0 amide bonds. The van der Waals surface area contributed by atoms with Gasteiger partial charge >= 0.3 is 0 Å². The quantitative estimate of drug-likeness (QED) is 0.666. The number of H-pyrrole nitrogens is 1. The summed E-state index contributed by atoms with van der Waals surface area (Å²) in [5.74, 6) is 0. The van der Waals surface area contributed by atoms with Crippen molar-refractivity contribution >= 4 is 39.8 Å². The van der Waals surface area contributed by atoms with E-state index in [0.29, 0.717) is 0 Å². The predicted octanol–water partition coefficient (Wildman–Crippen LogP) is 5.40. The number of benzene rings is 2. The molecule has 0 saturated carbocycles. The molecule has 0 atom stereocenters. The third-order valence-corrected chi connectivity index (χ3v) is 3.87. The third-order valence-electron chi connectivity index (χ3n) is 3.40. The zero-order valence-corrected chi connectivity index (χ0v) is 12.5. The molecule has 102 valence electrons. The van der Waals surface area contributed by atoms with Gasteiger partial charge in [0.05, 0.1) is 0 Å². The van der Waals surface area contributed by atoms with Crippen molar-refractivity contribution in [2.45, 2.75) is 13.5 Å². The van der Waals surface area contributed by atoms with Crippen LogP contribution in [0.2, 0.25) is 10.0 Å². The minimum absolute atomic E-state index is 0.739. The SMILES string of the molecule is Cc1ccc(Cl)cc1NCc1c[nH]c2cc(Cl)ccc12. The molecule has 3 rings (SSSR count). The number of aromatic nitrogens is 1. The van der Waals surface area contributed by atoms with Crippen LogP contribution in [0, 0.1) is 6.92 Å². The van der Waals surface area contributed by atoms with E-state index in [2.05, 4.69) is 17.2 Å². The average molecular weight is 305 g/mol. The van der Waals surface area contributed by atoms with Crippen molar-refractivity contribution in [2.75, 3.05) is 5.32 Å². The molecule has 0 bridgehead atoms.